The molecule has 0 aromatic carbocycles. The lowest BCUT2D eigenvalue weighted by Gasteiger charge is -2.35. The summed E-state index contributed by atoms with van der Waals surface area (Å²) >= 11 is 0. The van der Waals surface area contributed by atoms with E-state index in [9.17, 15) is 0 Å². The van der Waals surface area contributed by atoms with Crippen LogP contribution in [0.5, 0.6) is 0 Å². The zero-order valence-corrected chi connectivity index (χ0v) is 13.9. The first kappa shape index (κ1) is 15.8. The number of piperidine rings is 1. The number of rotatable bonds is 4. The molecule has 0 bridgehead atoms. The first-order valence-corrected chi connectivity index (χ1v) is 8.53. The third-order valence-electron chi connectivity index (χ3n) is 4.94. The molecule has 5 heteroatoms. The van der Waals surface area contributed by atoms with Crippen molar-refractivity contribution >= 4 is 0 Å². The molecule has 3 heterocycles. The van der Waals surface area contributed by atoms with Crippen molar-refractivity contribution in [3.8, 4) is 0 Å². The second kappa shape index (κ2) is 7.49. The fourth-order valence-corrected chi connectivity index (χ4v) is 3.41. The van der Waals surface area contributed by atoms with Crippen LogP contribution >= 0.6 is 0 Å². The molecule has 122 valence electrons. The van der Waals surface area contributed by atoms with Crippen LogP contribution in [0, 0.1) is 0 Å². The van der Waals surface area contributed by atoms with Gasteiger partial charge in [-0.05, 0) is 59.3 Å². The SMILES string of the molecule is CN1CCC(N(C)Cc2cnc([C@H]3CCCCO3)nc2)CC1. The summed E-state index contributed by atoms with van der Waals surface area (Å²) < 4.78 is 5.75. The highest BCUT2D eigenvalue weighted by Crippen LogP contribution is 2.25. The molecule has 0 N–H and O–H groups in total. The number of hydrogen-bond acceptors (Lipinski definition) is 5. The van der Waals surface area contributed by atoms with Gasteiger partial charge in [0.2, 0.25) is 0 Å². The maximum Gasteiger partial charge on any atom is 0.157 e. The first-order valence-electron chi connectivity index (χ1n) is 8.53. The van der Waals surface area contributed by atoms with Crippen molar-refractivity contribution in [1.82, 2.24) is 19.8 Å². The Morgan fingerprint density at radius 3 is 2.55 bits per heavy atom. The summed E-state index contributed by atoms with van der Waals surface area (Å²) in [7, 11) is 4.42. The third kappa shape index (κ3) is 4.03. The van der Waals surface area contributed by atoms with E-state index in [2.05, 4.69) is 33.9 Å². The van der Waals surface area contributed by atoms with Crippen LogP contribution in [0.4, 0.5) is 0 Å². The molecule has 1 aromatic rings. The molecule has 1 aromatic heterocycles. The van der Waals surface area contributed by atoms with Crippen molar-refractivity contribution in [3.63, 3.8) is 0 Å². The smallest absolute Gasteiger partial charge is 0.157 e. The van der Waals surface area contributed by atoms with Gasteiger partial charge in [0.1, 0.15) is 6.10 Å². The second-order valence-corrected chi connectivity index (χ2v) is 6.75. The van der Waals surface area contributed by atoms with Gasteiger partial charge < -0.3 is 9.64 Å². The molecule has 0 saturated carbocycles. The van der Waals surface area contributed by atoms with Crippen molar-refractivity contribution in [2.24, 2.45) is 0 Å². The third-order valence-corrected chi connectivity index (χ3v) is 4.94. The van der Waals surface area contributed by atoms with Gasteiger partial charge in [-0.3, -0.25) is 4.90 Å². The topological polar surface area (TPSA) is 41.5 Å². The average Bonchev–Trinajstić information content (AvgIpc) is 2.57. The highest BCUT2D eigenvalue weighted by Gasteiger charge is 2.21. The Morgan fingerprint density at radius 2 is 1.91 bits per heavy atom. The molecule has 2 saturated heterocycles. The van der Waals surface area contributed by atoms with Crippen molar-refractivity contribution < 1.29 is 4.74 Å². The molecule has 2 fully saturated rings. The molecule has 0 radical (unpaired) electrons. The summed E-state index contributed by atoms with van der Waals surface area (Å²) in [6.45, 7) is 4.17. The minimum atomic E-state index is 0.106. The van der Waals surface area contributed by atoms with Crippen LogP contribution in [0.25, 0.3) is 0 Å². The van der Waals surface area contributed by atoms with Crippen LogP contribution in [0.2, 0.25) is 0 Å². The Kier molecular flexibility index (Phi) is 5.39. The zero-order valence-electron chi connectivity index (χ0n) is 13.9. The van der Waals surface area contributed by atoms with Gasteiger partial charge in [0.25, 0.3) is 0 Å². The van der Waals surface area contributed by atoms with Crippen LogP contribution in [0.1, 0.15) is 49.6 Å². The van der Waals surface area contributed by atoms with Gasteiger partial charge in [-0.15, -0.1) is 0 Å². The molecular weight excluding hydrogens is 276 g/mol. The van der Waals surface area contributed by atoms with E-state index in [4.69, 9.17) is 4.74 Å². The standard InChI is InChI=1S/C17H28N4O/c1-20-8-6-15(7-9-20)21(2)13-14-11-18-17(19-12-14)16-5-3-4-10-22-16/h11-12,15-16H,3-10,13H2,1-2H3/t16-/m1/s1. The highest BCUT2D eigenvalue weighted by molar-refractivity contribution is 5.07. The molecule has 1 atom stereocenters. The molecule has 2 aliphatic heterocycles. The van der Waals surface area contributed by atoms with Gasteiger partial charge in [0, 0.05) is 37.2 Å². The normalized spacial score (nSPS) is 24.8. The molecule has 0 unspecified atom stereocenters. The minimum Gasteiger partial charge on any atom is -0.370 e. The fraction of sp³-hybridized carbons (Fsp3) is 0.765. The van der Waals surface area contributed by atoms with E-state index in [0.29, 0.717) is 6.04 Å². The van der Waals surface area contributed by atoms with Gasteiger partial charge in [-0.2, -0.15) is 0 Å². The summed E-state index contributed by atoms with van der Waals surface area (Å²) in [5, 5.41) is 0. The molecule has 22 heavy (non-hydrogen) atoms. The summed E-state index contributed by atoms with van der Waals surface area (Å²) in [6.07, 6.45) is 10.00. The Hall–Kier alpha value is -1.04. The first-order chi connectivity index (χ1) is 10.7. The number of likely N-dealkylation sites (tertiary alicyclic amines) is 1. The largest absolute Gasteiger partial charge is 0.370 e. The van der Waals surface area contributed by atoms with E-state index in [-0.39, 0.29) is 6.10 Å². The number of aromatic nitrogens is 2. The molecule has 5 nitrogen and oxygen atoms in total. The monoisotopic (exact) mass is 304 g/mol. The van der Waals surface area contributed by atoms with E-state index >= 15 is 0 Å². The lowest BCUT2D eigenvalue weighted by Crippen LogP contribution is -2.41. The van der Waals surface area contributed by atoms with Gasteiger partial charge in [0.15, 0.2) is 5.82 Å². The van der Waals surface area contributed by atoms with Gasteiger partial charge >= 0.3 is 0 Å². The Balaban J connectivity index is 1.54. The van der Waals surface area contributed by atoms with E-state index in [0.717, 1.165) is 31.8 Å². The zero-order chi connectivity index (χ0) is 15.4. The number of hydrogen-bond donors (Lipinski definition) is 0. The van der Waals surface area contributed by atoms with Crippen LogP contribution in [0.15, 0.2) is 12.4 Å². The summed E-state index contributed by atoms with van der Waals surface area (Å²) in [6, 6.07) is 0.678. The van der Waals surface area contributed by atoms with Gasteiger partial charge in [-0.25, -0.2) is 9.97 Å². The Bertz CT molecular complexity index is 450. The van der Waals surface area contributed by atoms with E-state index in [1.807, 2.05) is 12.4 Å². The van der Waals surface area contributed by atoms with E-state index < -0.39 is 0 Å². The number of nitrogens with zero attached hydrogens (tertiary/aromatic N) is 4. The average molecular weight is 304 g/mol. The van der Waals surface area contributed by atoms with Crippen LogP contribution < -0.4 is 0 Å². The molecule has 0 aliphatic carbocycles. The fourth-order valence-electron chi connectivity index (χ4n) is 3.41. The summed E-state index contributed by atoms with van der Waals surface area (Å²) in [5.41, 5.74) is 1.20. The Morgan fingerprint density at radius 1 is 1.18 bits per heavy atom. The molecule has 2 aliphatic rings. The Labute approximate surface area is 133 Å². The van der Waals surface area contributed by atoms with E-state index in [1.54, 1.807) is 0 Å². The lowest BCUT2D eigenvalue weighted by molar-refractivity contribution is 0.00937. The second-order valence-electron chi connectivity index (χ2n) is 6.75. The van der Waals surface area contributed by atoms with E-state index in [1.165, 1.54) is 37.9 Å². The maximum atomic E-state index is 5.75. The summed E-state index contributed by atoms with van der Waals surface area (Å²) in [4.78, 5) is 13.9. The predicted octanol–water partition coefficient (Wildman–Crippen LogP) is 2.24. The van der Waals surface area contributed by atoms with Crippen LogP contribution in [0.3, 0.4) is 0 Å². The van der Waals surface area contributed by atoms with Crippen molar-refractivity contribution in [2.45, 2.75) is 50.8 Å². The van der Waals surface area contributed by atoms with Gasteiger partial charge in [-0.1, -0.05) is 0 Å². The minimum absolute atomic E-state index is 0.106. The predicted molar refractivity (Wildman–Crippen MR) is 86.6 cm³/mol. The van der Waals surface area contributed by atoms with Crippen molar-refractivity contribution in [2.75, 3.05) is 33.8 Å². The van der Waals surface area contributed by atoms with Crippen LogP contribution in [-0.4, -0.2) is 59.6 Å². The lowest BCUT2D eigenvalue weighted by atomic mass is 10.0. The highest BCUT2D eigenvalue weighted by atomic mass is 16.5. The summed E-state index contributed by atoms with van der Waals surface area (Å²) in [5.74, 6) is 0.852. The molecule has 0 spiro atoms. The van der Waals surface area contributed by atoms with Crippen LogP contribution in [-0.2, 0) is 11.3 Å². The number of ether oxygens (including phenoxy) is 1. The maximum absolute atomic E-state index is 5.75. The quantitative estimate of drug-likeness (QED) is 0.853. The van der Waals surface area contributed by atoms with Crippen molar-refractivity contribution in [1.29, 1.82) is 0 Å². The van der Waals surface area contributed by atoms with Crippen molar-refractivity contribution in [3.05, 3.63) is 23.8 Å². The molecule has 0 amide bonds. The van der Waals surface area contributed by atoms with Gasteiger partial charge in [0.05, 0.1) is 0 Å². The molecular formula is C17H28N4O. The molecule has 3 rings (SSSR count).